The molecule has 1 fully saturated rings. The van der Waals surface area contributed by atoms with Crippen molar-refractivity contribution in [2.24, 2.45) is 0 Å². The fraction of sp³-hybridized carbons (Fsp3) is 0.241. The molecule has 1 aliphatic rings. The van der Waals surface area contributed by atoms with Crippen molar-refractivity contribution >= 4 is 11.6 Å². The summed E-state index contributed by atoms with van der Waals surface area (Å²) in [5.74, 6) is 0.849. The van der Waals surface area contributed by atoms with Crippen LogP contribution in [-0.4, -0.2) is 53.9 Å². The van der Waals surface area contributed by atoms with Crippen molar-refractivity contribution in [3.05, 3.63) is 95.7 Å². The molecule has 0 saturated carbocycles. The minimum Gasteiger partial charge on any atom is -0.497 e. The van der Waals surface area contributed by atoms with E-state index >= 15 is 0 Å². The molecule has 0 atom stereocenters. The maximum Gasteiger partial charge on any atom is 0.272 e. The third-order valence-corrected chi connectivity index (χ3v) is 6.74. The lowest BCUT2D eigenvalue weighted by Crippen LogP contribution is -2.49. The SMILES string of the molecule is COc1ccc(N2CCN(C(=O)c3cc(-c4ccc(C)c(C)c4)nn3-c3ccccc3)CC2)cc1. The highest BCUT2D eigenvalue weighted by Gasteiger charge is 2.26. The van der Waals surface area contributed by atoms with Gasteiger partial charge in [0.05, 0.1) is 18.5 Å². The summed E-state index contributed by atoms with van der Waals surface area (Å²) >= 11 is 0. The topological polar surface area (TPSA) is 50.6 Å². The number of ether oxygens (including phenoxy) is 1. The largest absolute Gasteiger partial charge is 0.497 e. The van der Waals surface area contributed by atoms with Crippen molar-refractivity contribution in [1.82, 2.24) is 14.7 Å². The van der Waals surface area contributed by atoms with Gasteiger partial charge in [-0.05, 0) is 73.5 Å². The van der Waals surface area contributed by atoms with Crippen LogP contribution >= 0.6 is 0 Å². The van der Waals surface area contributed by atoms with Crippen LogP contribution < -0.4 is 9.64 Å². The summed E-state index contributed by atoms with van der Waals surface area (Å²) in [6.45, 7) is 7.07. The maximum atomic E-state index is 13.7. The molecular formula is C29H30N4O2. The lowest BCUT2D eigenvalue weighted by molar-refractivity contribution is 0.0737. The van der Waals surface area contributed by atoms with Gasteiger partial charge in [-0.3, -0.25) is 4.79 Å². The van der Waals surface area contributed by atoms with E-state index in [1.807, 2.05) is 53.4 Å². The first-order valence-electron chi connectivity index (χ1n) is 11.9. The van der Waals surface area contributed by atoms with Crippen molar-refractivity contribution < 1.29 is 9.53 Å². The van der Waals surface area contributed by atoms with E-state index in [4.69, 9.17) is 9.84 Å². The van der Waals surface area contributed by atoms with Gasteiger partial charge in [-0.25, -0.2) is 4.68 Å². The molecule has 5 rings (SSSR count). The molecule has 2 heterocycles. The standard InChI is InChI=1S/C29H30N4O2/c1-21-9-10-23(19-22(21)2)27-20-28(33(30-27)25-7-5-4-6-8-25)29(34)32-17-15-31(16-18-32)24-11-13-26(35-3)14-12-24/h4-14,19-20H,15-18H2,1-3H3. The predicted molar refractivity (Wildman–Crippen MR) is 140 cm³/mol. The molecule has 1 aliphatic heterocycles. The number of aryl methyl sites for hydroxylation is 2. The molecule has 0 unspecified atom stereocenters. The number of carbonyl (C=O) groups excluding carboxylic acids is 1. The van der Waals surface area contributed by atoms with Gasteiger partial charge in [-0.15, -0.1) is 0 Å². The van der Waals surface area contributed by atoms with E-state index < -0.39 is 0 Å². The van der Waals surface area contributed by atoms with Crippen molar-refractivity contribution in [2.45, 2.75) is 13.8 Å². The van der Waals surface area contributed by atoms with E-state index in [0.717, 1.165) is 41.5 Å². The molecule has 4 aromatic rings. The first kappa shape index (κ1) is 22.7. The van der Waals surface area contributed by atoms with E-state index in [0.29, 0.717) is 18.8 Å². The molecule has 1 aromatic heterocycles. The number of aromatic nitrogens is 2. The number of nitrogens with zero attached hydrogens (tertiary/aromatic N) is 4. The minimum absolute atomic E-state index is 0.00539. The Morgan fingerprint density at radius 2 is 1.51 bits per heavy atom. The van der Waals surface area contributed by atoms with Gasteiger partial charge in [-0.2, -0.15) is 5.10 Å². The van der Waals surface area contributed by atoms with Gasteiger partial charge in [0.1, 0.15) is 11.4 Å². The van der Waals surface area contributed by atoms with E-state index in [9.17, 15) is 4.79 Å². The second-order valence-corrected chi connectivity index (χ2v) is 8.94. The van der Waals surface area contributed by atoms with Crippen LogP contribution in [0.2, 0.25) is 0 Å². The number of hydrogen-bond donors (Lipinski definition) is 0. The molecule has 0 N–H and O–H groups in total. The van der Waals surface area contributed by atoms with E-state index in [1.165, 1.54) is 11.1 Å². The van der Waals surface area contributed by atoms with Crippen molar-refractivity contribution in [2.75, 3.05) is 38.2 Å². The normalized spacial score (nSPS) is 13.7. The van der Waals surface area contributed by atoms with E-state index in [-0.39, 0.29) is 5.91 Å². The molecule has 1 amide bonds. The van der Waals surface area contributed by atoms with Gasteiger partial charge in [0.2, 0.25) is 0 Å². The minimum atomic E-state index is 0.00539. The molecule has 0 radical (unpaired) electrons. The van der Waals surface area contributed by atoms with Gasteiger partial charge in [0.15, 0.2) is 0 Å². The molecule has 0 aliphatic carbocycles. The zero-order valence-corrected chi connectivity index (χ0v) is 20.4. The van der Waals surface area contributed by atoms with Crippen LogP contribution in [-0.2, 0) is 0 Å². The summed E-state index contributed by atoms with van der Waals surface area (Å²) in [5, 5.41) is 4.86. The first-order chi connectivity index (χ1) is 17.0. The van der Waals surface area contributed by atoms with Crippen LogP contribution in [0.5, 0.6) is 5.75 Å². The van der Waals surface area contributed by atoms with Crippen molar-refractivity contribution in [3.63, 3.8) is 0 Å². The Balaban J connectivity index is 1.40. The zero-order chi connectivity index (χ0) is 24.4. The predicted octanol–water partition coefficient (Wildman–Crippen LogP) is 5.13. The summed E-state index contributed by atoms with van der Waals surface area (Å²) in [5.41, 5.74) is 6.87. The Hall–Kier alpha value is -4.06. The number of amides is 1. The molecule has 178 valence electrons. The number of benzene rings is 3. The lowest BCUT2D eigenvalue weighted by Gasteiger charge is -2.36. The van der Waals surface area contributed by atoms with Crippen LogP contribution in [0.3, 0.4) is 0 Å². The number of methoxy groups -OCH3 is 1. The van der Waals surface area contributed by atoms with Crippen LogP contribution in [0.4, 0.5) is 5.69 Å². The van der Waals surface area contributed by atoms with Gasteiger partial charge in [0, 0.05) is 37.4 Å². The van der Waals surface area contributed by atoms with Crippen molar-refractivity contribution in [1.29, 1.82) is 0 Å². The smallest absolute Gasteiger partial charge is 0.272 e. The van der Waals surface area contributed by atoms with Crippen LogP contribution in [0.1, 0.15) is 21.6 Å². The number of para-hydroxylation sites is 1. The fourth-order valence-corrected chi connectivity index (χ4v) is 4.46. The quantitative estimate of drug-likeness (QED) is 0.409. The Kier molecular flexibility index (Phi) is 6.27. The highest BCUT2D eigenvalue weighted by Crippen LogP contribution is 2.26. The van der Waals surface area contributed by atoms with Gasteiger partial charge < -0.3 is 14.5 Å². The first-order valence-corrected chi connectivity index (χ1v) is 11.9. The molecular weight excluding hydrogens is 436 g/mol. The monoisotopic (exact) mass is 466 g/mol. The molecule has 1 saturated heterocycles. The number of anilines is 1. The summed E-state index contributed by atoms with van der Waals surface area (Å²) in [7, 11) is 1.67. The Morgan fingerprint density at radius 1 is 0.800 bits per heavy atom. The van der Waals surface area contributed by atoms with Gasteiger partial charge >= 0.3 is 0 Å². The highest BCUT2D eigenvalue weighted by molar-refractivity contribution is 5.94. The molecule has 6 nitrogen and oxygen atoms in total. The highest BCUT2D eigenvalue weighted by atomic mass is 16.5. The maximum absolute atomic E-state index is 13.7. The summed E-state index contributed by atoms with van der Waals surface area (Å²) in [6, 6.07) is 26.2. The van der Waals surface area contributed by atoms with Gasteiger partial charge in [-0.1, -0.05) is 30.3 Å². The third kappa shape index (κ3) is 4.64. The van der Waals surface area contributed by atoms with E-state index in [2.05, 4.69) is 49.1 Å². The second kappa shape index (κ2) is 9.66. The number of carbonyl (C=O) groups is 1. The summed E-state index contributed by atoms with van der Waals surface area (Å²) < 4.78 is 7.05. The summed E-state index contributed by atoms with van der Waals surface area (Å²) in [6.07, 6.45) is 0. The molecule has 0 bridgehead atoms. The Labute approximate surface area is 206 Å². The van der Waals surface area contributed by atoms with Crippen molar-refractivity contribution in [3.8, 4) is 22.7 Å². The average Bonchev–Trinajstić information content (AvgIpc) is 3.36. The lowest BCUT2D eigenvalue weighted by atomic mass is 10.0. The zero-order valence-electron chi connectivity index (χ0n) is 20.4. The third-order valence-electron chi connectivity index (χ3n) is 6.74. The number of rotatable bonds is 5. The number of piperazine rings is 1. The Bertz CT molecular complexity index is 1320. The van der Waals surface area contributed by atoms with Crippen LogP contribution in [0.25, 0.3) is 16.9 Å². The molecule has 0 spiro atoms. The Morgan fingerprint density at radius 3 is 2.17 bits per heavy atom. The fourth-order valence-electron chi connectivity index (χ4n) is 4.46. The molecule has 6 heteroatoms. The summed E-state index contributed by atoms with van der Waals surface area (Å²) in [4.78, 5) is 18.0. The molecule has 35 heavy (non-hydrogen) atoms. The number of hydrogen-bond acceptors (Lipinski definition) is 4. The molecule has 3 aromatic carbocycles. The average molecular weight is 467 g/mol. The van der Waals surface area contributed by atoms with E-state index in [1.54, 1.807) is 11.8 Å². The van der Waals surface area contributed by atoms with Crippen LogP contribution in [0, 0.1) is 13.8 Å². The van der Waals surface area contributed by atoms with Crippen LogP contribution in [0.15, 0.2) is 78.9 Å². The second-order valence-electron chi connectivity index (χ2n) is 8.94. The van der Waals surface area contributed by atoms with Gasteiger partial charge in [0.25, 0.3) is 5.91 Å².